The van der Waals surface area contributed by atoms with Gasteiger partial charge in [-0.05, 0) is 44.9 Å². The smallest absolute Gasteiger partial charge is 0.255 e. The summed E-state index contributed by atoms with van der Waals surface area (Å²) in [6.07, 6.45) is 0. The quantitative estimate of drug-likeness (QED) is 0.812. The van der Waals surface area contributed by atoms with Gasteiger partial charge in [0.15, 0.2) is 0 Å². The second-order valence-corrected chi connectivity index (χ2v) is 5.81. The summed E-state index contributed by atoms with van der Waals surface area (Å²) in [6.45, 7) is 7.32. The van der Waals surface area contributed by atoms with Crippen molar-refractivity contribution in [2.45, 2.75) is 33.7 Å². The SMILES string of the molecule is Cc1cccc(-c2c(O)cc(C)c(C(=O)NC(C)C)c2O)c1. The minimum Gasteiger partial charge on any atom is -0.507 e. The van der Waals surface area contributed by atoms with Crippen LogP contribution < -0.4 is 5.32 Å². The van der Waals surface area contributed by atoms with E-state index in [1.54, 1.807) is 13.0 Å². The maximum absolute atomic E-state index is 12.3. The van der Waals surface area contributed by atoms with Gasteiger partial charge in [-0.1, -0.05) is 29.8 Å². The van der Waals surface area contributed by atoms with Crippen LogP contribution in [0.4, 0.5) is 0 Å². The first kappa shape index (κ1) is 15.9. The minimum atomic E-state index is -0.348. The van der Waals surface area contributed by atoms with Crippen LogP contribution in [-0.4, -0.2) is 22.2 Å². The Balaban J connectivity index is 2.64. The number of aromatic hydroxyl groups is 2. The first-order valence-electron chi connectivity index (χ1n) is 7.24. The number of carbonyl (C=O) groups excluding carboxylic acids is 1. The lowest BCUT2D eigenvalue weighted by atomic mass is 9.95. The van der Waals surface area contributed by atoms with Crippen LogP contribution in [0.15, 0.2) is 30.3 Å². The van der Waals surface area contributed by atoms with E-state index in [1.807, 2.05) is 39.0 Å². The molecule has 1 amide bonds. The third kappa shape index (κ3) is 3.06. The first-order valence-corrected chi connectivity index (χ1v) is 7.24. The zero-order valence-corrected chi connectivity index (χ0v) is 13.3. The van der Waals surface area contributed by atoms with Gasteiger partial charge in [-0.15, -0.1) is 0 Å². The lowest BCUT2D eigenvalue weighted by Crippen LogP contribution is -2.30. The molecule has 2 aromatic carbocycles. The van der Waals surface area contributed by atoms with Gasteiger partial charge in [0.2, 0.25) is 0 Å². The molecule has 0 aromatic heterocycles. The van der Waals surface area contributed by atoms with Crippen LogP contribution in [0, 0.1) is 13.8 Å². The van der Waals surface area contributed by atoms with Crippen molar-refractivity contribution in [1.29, 1.82) is 0 Å². The van der Waals surface area contributed by atoms with E-state index >= 15 is 0 Å². The molecule has 2 aromatic rings. The van der Waals surface area contributed by atoms with E-state index in [1.165, 1.54) is 6.07 Å². The van der Waals surface area contributed by atoms with E-state index in [0.717, 1.165) is 5.56 Å². The number of amides is 1. The molecule has 0 atom stereocenters. The van der Waals surface area contributed by atoms with Crippen LogP contribution in [0.5, 0.6) is 11.5 Å². The normalized spacial score (nSPS) is 10.8. The Kier molecular flexibility index (Phi) is 4.40. The molecule has 0 aliphatic rings. The monoisotopic (exact) mass is 299 g/mol. The molecule has 4 heteroatoms. The van der Waals surface area contributed by atoms with Gasteiger partial charge in [0.1, 0.15) is 11.5 Å². The van der Waals surface area contributed by atoms with E-state index in [4.69, 9.17) is 0 Å². The average Bonchev–Trinajstić information content (AvgIpc) is 2.36. The fraction of sp³-hybridized carbons (Fsp3) is 0.278. The molecule has 22 heavy (non-hydrogen) atoms. The molecule has 4 nitrogen and oxygen atoms in total. The summed E-state index contributed by atoms with van der Waals surface area (Å²) in [5.74, 6) is -0.582. The number of benzene rings is 2. The molecule has 0 fully saturated rings. The van der Waals surface area contributed by atoms with Gasteiger partial charge in [-0.2, -0.15) is 0 Å². The number of phenols is 2. The van der Waals surface area contributed by atoms with Gasteiger partial charge < -0.3 is 15.5 Å². The number of nitrogens with one attached hydrogen (secondary N) is 1. The highest BCUT2D eigenvalue weighted by Gasteiger charge is 2.22. The summed E-state index contributed by atoms with van der Waals surface area (Å²) in [5, 5.41) is 23.5. The third-order valence-electron chi connectivity index (χ3n) is 3.43. The zero-order valence-electron chi connectivity index (χ0n) is 13.3. The molecule has 0 spiro atoms. The summed E-state index contributed by atoms with van der Waals surface area (Å²) in [6, 6.07) is 8.89. The molecule has 116 valence electrons. The highest BCUT2D eigenvalue weighted by molar-refractivity contribution is 6.01. The molecule has 0 aliphatic heterocycles. The fourth-order valence-corrected chi connectivity index (χ4v) is 2.49. The highest BCUT2D eigenvalue weighted by Crippen LogP contribution is 2.41. The maximum atomic E-state index is 12.3. The van der Waals surface area contributed by atoms with Crippen LogP contribution >= 0.6 is 0 Å². The van der Waals surface area contributed by atoms with Crippen LogP contribution in [0.25, 0.3) is 11.1 Å². The third-order valence-corrected chi connectivity index (χ3v) is 3.43. The van der Waals surface area contributed by atoms with Crippen LogP contribution in [0.3, 0.4) is 0 Å². The Hall–Kier alpha value is -2.49. The summed E-state index contributed by atoms with van der Waals surface area (Å²) in [5.41, 5.74) is 2.69. The Morgan fingerprint density at radius 1 is 1.14 bits per heavy atom. The van der Waals surface area contributed by atoms with Crippen molar-refractivity contribution in [3.63, 3.8) is 0 Å². The van der Waals surface area contributed by atoms with Crippen LogP contribution in [0.2, 0.25) is 0 Å². The van der Waals surface area contributed by atoms with Crippen molar-refractivity contribution >= 4 is 5.91 Å². The first-order chi connectivity index (χ1) is 10.3. The number of phenolic OH excluding ortho intramolecular Hbond substituents is 2. The Labute approximate surface area is 130 Å². The van der Waals surface area contributed by atoms with Crippen molar-refractivity contribution < 1.29 is 15.0 Å². The largest absolute Gasteiger partial charge is 0.507 e. The van der Waals surface area contributed by atoms with Gasteiger partial charge in [-0.25, -0.2) is 0 Å². The summed E-state index contributed by atoms with van der Waals surface area (Å²) >= 11 is 0. The molecule has 3 N–H and O–H groups in total. The second kappa shape index (κ2) is 6.10. The molecule has 0 unspecified atom stereocenters. The van der Waals surface area contributed by atoms with E-state index < -0.39 is 0 Å². The van der Waals surface area contributed by atoms with Crippen molar-refractivity contribution in [2.24, 2.45) is 0 Å². The standard InChI is InChI=1S/C18H21NO3/c1-10(2)19-18(22)15-12(4)9-14(20)16(17(15)21)13-7-5-6-11(3)8-13/h5-10,20-21H,1-4H3,(H,19,22). The number of aryl methyl sites for hydroxylation is 2. The van der Waals surface area contributed by atoms with Gasteiger partial charge in [-0.3, -0.25) is 4.79 Å². The van der Waals surface area contributed by atoms with Crippen molar-refractivity contribution in [1.82, 2.24) is 5.32 Å². The molecule has 0 bridgehead atoms. The molecule has 2 rings (SSSR count). The summed E-state index contributed by atoms with van der Waals surface area (Å²) < 4.78 is 0. The summed E-state index contributed by atoms with van der Waals surface area (Å²) in [4.78, 5) is 12.3. The fourth-order valence-electron chi connectivity index (χ4n) is 2.49. The molecule has 0 heterocycles. The maximum Gasteiger partial charge on any atom is 0.255 e. The predicted molar refractivity (Wildman–Crippen MR) is 87.3 cm³/mol. The number of hydrogen-bond donors (Lipinski definition) is 3. The van der Waals surface area contributed by atoms with Crippen molar-refractivity contribution in [3.8, 4) is 22.6 Å². The molecule has 0 saturated carbocycles. The van der Waals surface area contributed by atoms with E-state index in [2.05, 4.69) is 5.32 Å². The second-order valence-electron chi connectivity index (χ2n) is 5.81. The average molecular weight is 299 g/mol. The van der Waals surface area contributed by atoms with Crippen LogP contribution in [-0.2, 0) is 0 Å². The van der Waals surface area contributed by atoms with Crippen molar-refractivity contribution in [2.75, 3.05) is 0 Å². The summed E-state index contributed by atoms with van der Waals surface area (Å²) in [7, 11) is 0. The topological polar surface area (TPSA) is 69.6 Å². The number of rotatable bonds is 3. The van der Waals surface area contributed by atoms with Gasteiger partial charge in [0, 0.05) is 6.04 Å². The minimum absolute atomic E-state index is 0.0393. The molecular formula is C18H21NO3. The predicted octanol–water partition coefficient (Wildman–Crippen LogP) is 3.52. The van der Waals surface area contributed by atoms with Crippen LogP contribution in [0.1, 0.15) is 35.3 Å². The lowest BCUT2D eigenvalue weighted by Gasteiger charge is -2.16. The van der Waals surface area contributed by atoms with Gasteiger partial charge in [0.25, 0.3) is 5.91 Å². The Morgan fingerprint density at radius 3 is 2.41 bits per heavy atom. The van der Waals surface area contributed by atoms with Gasteiger partial charge in [0.05, 0.1) is 11.1 Å². The van der Waals surface area contributed by atoms with Crippen molar-refractivity contribution in [3.05, 3.63) is 47.0 Å². The van der Waals surface area contributed by atoms with Gasteiger partial charge >= 0.3 is 0 Å². The molecule has 0 saturated heterocycles. The molecule has 0 aliphatic carbocycles. The number of carbonyl (C=O) groups is 1. The Bertz CT molecular complexity index is 721. The molecule has 0 radical (unpaired) electrons. The lowest BCUT2D eigenvalue weighted by molar-refractivity contribution is 0.0940. The Morgan fingerprint density at radius 2 is 1.82 bits per heavy atom. The van der Waals surface area contributed by atoms with E-state index in [9.17, 15) is 15.0 Å². The zero-order chi connectivity index (χ0) is 16.4. The molecular weight excluding hydrogens is 278 g/mol. The number of hydrogen-bond acceptors (Lipinski definition) is 3. The van der Waals surface area contributed by atoms with E-state index in [-0.39, 0.29) is 34.6 Å². The highest BCUT2D eigenvalue weighted by atomic mass is 16.3. The van der Waals surface area contributed by atoms with E-state index in [0.29, 0.717) is 11.1 Å².